The number of amides is 1. The molecule has 8 heteroatoms. The Hall–Kier alpha value is -2.51. The van der Waals surface area contributed by atoms with E-state index in [9.17, 15) is 13.2 Å². The Morgan fingerprint density at radius 3 is 2.40 bits per heavy atom. The van der Waals surface area contributed by atoms with Crippen LogP contribution in [-0.2, 0) is 10.0 Å². The fraction of sp³-hybridized carbons (Fsp3) is 0.118. The van der Waals surface area contributed by atoms with Crippen LogP contribution in [0.25, 0.3) is 6.08 Å². The molecule has 0 spiro atoms. The first-order valence-corrected chi connectivity index (χ1v) is 9.00. The van der Waals surface area contributed by atoms with Crippen molar-refractivity contribution in [2.45, 2.75) is 0 Å². The van der Waals surface area contributed by atoms with Crippen LogP contribution in [0.4, 0.5) is 0 Å². The zero-order valence-corrected chi connectivity index (χ0v) is 15.1. The second-order valence-electron chi connectivity index (χ2n) is 4.88. The van der Waals surface area contributed by atoms with E-state index < -0.39 is 15.9 Å². The van der Waals surface area contributed by atoms with E-state index in [-0.39, 0.29) is 22.1 Å². The van der Waals surface area contributed by atoms with Gasteiger partial charge in [-0.25, -0.2) is 13.1 Å². The van der Waals surface area contributed by atoms with Crippen LogP contribution in [0.3, 0.4) is 0 Å². The van der Waals surface area contributed by atoms with Gasteiger partial charge in [-0.05, 0) is 23.8 Å². The molecule has 0 aliphatic carbocycles. The summed E-state index contributed by atoms with van der Waals surface area (Å²) in [4.78, 5) is 12.2. The van der Waals surface area contributed by atoms with Gasteiger partial charge in [0.2, 0.25) is 0 Å². The molecule has 0 unspecified atom stereocenters. The lowest BCUT2D eigenvalue weighted by Crippen LogP contribution is -2.28. The van der Waals surface area contributed by atoms with Crippen LogP contribution in [0.5, 0.6) is 11.5 Å². The third-order valence-corrected chi connectivity index (χ3v) is 4.41. The summed E-state index contributed by atoms with van der Waals surface area (Å²) in [6, 6.07) is 11.5. The summed E-state index contributed by atoms with van der Waals surface area (Å²) in [6.07, 6.45) is 1.39. The molecule has 0 heterocycles. The molecule has 0 radical (unpaired) electrons. The van der Waals surface area contributed by atoms with E-state index in [1.807, 2.05) is 10.8 Å². The Labute approximate surface area is 151 Å². The van der Waals surface area contributed by atoms with E-state index in [1.54, 1.807) is 24.3 Å². The molecule has 6 nitrogen and oxygen atoms in total. The van der Waals surface area contributed by atoms with Crippen LogP contribution in [-0.4, -0.2) is 28.5 Å². The molecule has 0 saturated carbocycles. The van der Waals surface area contributed by atoms with Gasteiger partial charge in [-0.2, -0.15) is 0 Å². The molecular weight excluding hydrogens is 366 g/mol. The number of carbonyl (C=O) groups excluding carboxylic acids is 1. The summed E-state index contributed by atoms with van der Waals surface area (Å²) in [6.45, 7) is 0. The van der Waals surface area contributed by atoms with Gasteiger partial charge in [0, 0.05) is 5.56 Å². The molecular formula is C17H16ClNO5S. The molecule has 0 atom stereocenters. The van der Waals surface area contributed by atoms with Gasteiger partial charge in [0.05, 0.1) is 24.7 Å². The molecule has 0 aromatic heterocycles. The lowest BCUT2D eigenvalue weighted by atomic mass is 10.2. The number of halogens is 1. The zero-order chi connectivity index (χ0) is 18.4. The van der Waals surface area contributed by atoms with Crippen molar-refractivity contribution >= 4 is 33.6 Å². The Bertz CT molecular complexity index is 895. The number of methoxy groups -OCH3 is 2. The predicted molar refractivity (Wildman–Crippen MR) is 96.4 cm³/mol. The number of hydrogen-bond donors (Lipinski definition) is 1. The quantitative estimate of drug-likeness (QED) is 0.831. The van der Waals surface area contributed by atoms with Crippen molar-refractivity contribution in [2.75, 3.05) is 14.2 Å². The van der Waals surface area contributed by atoms with Crippen LogP contribution in [0.15, 0.2) is 47.9 Å². The Morgan fingerprint density at radius 1 is 1.12 bits per heavy atom. The molecule has 0 saturated heterocycles. The van der Waals surface area contributed by atoms with Crippen molar-refractivity contribution in [1.82, 2.24) is 4.72 Å². The van der Waals surface area contributed by atoms with E-state index in [0.717, 1.165) is 5.41 Å². The first kappa shape index (κ1) is 18.8. The normalized spacial score (nSPS) is 11.3. The SMILES string of the molecule is COc1cc(C(=O)NS(=O)(=O)/C=C\c2ccccc2)cc(Cl)c1OC. The highest BCUT2D eigenvalue weighted by Gasteiger charge is 2.18. The van der Waals surface area contributed by atoms with Crippen LogP contribution in [0, 0.1) is 0 Å². The van der Waals surface area contributed by atoms with Crippen molar-refractivity contribution in [1.29, 1.82) is 0 Å². The van der Waals surface area contributed by atoms with Gasteiger partial charge in [-0.15, -0.1) is 0 Å². The minimum absolute atomic E-state index is 0.0272. The fourth-order valence-corrected chi connectivity index (χ4v) is 3.07. The minimum Gasteiger partial charge on any atom is -0.493 e. The van der Waals surface area contributed by atoms with Gasteiger partial charge >= 0.3 is 0 Å². The highest BCUT2D eigenvalue weighted by Crippen LogP contribution is 2.35. The maximum Gasteiger partial charge on any atom is 0.265 e. The third kappa shape index (κ3) is 4.98. The molecule has 1 amide bonds. The van der Waals surface area contributed by atoms with Gasteiger partial charge in [0.1, 0.15) is 0 Å². The number of rotatable bonds is 6. The maximum absolute atomic E-state index is 12.2. The molecule has 0 bridgehead atoms. The molecule has 132 valence electrons. The smallest absolute Gasteiger partial charge is 0.265 e. The van der Waals surface area contributed by atoms with Crippen LogP contribution in [0.1, 0.15) is 15.9 Å². The van der Waals surface area contributed by atoms with Crippen LogP contribution < -0.4 is 14.2 Å². The second kappa shape index (κ2) is 8.04. The average Bonchev–Trinajstić information content (AvgIpc) is 2.59. The fourth-order valence-electron chi connectivity index (χ4n) is 2.00. The lowest BCUT2D eigenvalue weighted by molar-refractivity contribution is 0.0981. The van der Waals surface area contributed by atoms with Crippen molar-refractivity contribution in [3.8, 4) is 11.5 Å². The predicted octanol–water partition coefficient (Wildman–Crippen LogP) is 3.09. The Kier molecular flexibility index (Phi) is 6.06. The van der Waals surface area contributed by atoms with Crippen molar-refractivity contribution in [2.24, 2.45) is 0 Å². The van der Waals surface area contributed by atoms with Crippen LogP contribution in [0.2, 0.25) is 5.02 Å². The summed E-state index contributed by atoms with van der Waals surface area (Å²) < 4.78 is 36.2. The molecule has 0 aliphatic rings. The number of hydrogen-bond acceptors (Lipinski definition) is 5. The Balaban J connectivity index is 2.21. The van der Waals surface area contributed by atoms with Gasteiger partial charge in [-0.1, -0.05) is 41.9 Å². The summed E-state index contributed by atoms with van der Waals surface area (Å²) in [7, 11) is -1.18. The summed E-state index contributed by atoms with van der Waals surface area (Å²) in [5.41, 5.74) is 0.717. The summed E-state index contributed by atoms with van der Waals surface area (Å²) in [5, 5.41) is 1.05. The number of ether oxygens (including phenoxy) is 2. The van der Waals surface area contributed by atoms with Gasteiger partial charge in [0.25, 0.3) is 15.9 Å². The summed E-state index contributed by atoms with van der Waals surface area (Å²) in [5.74, 6) is -0.356. The monoisotopic (exact) mass is 381 g/mol. The first-order valence-electron chi connectivity index (χ1n) is 7.08. The van der Waals surface area contributed by atoms with E-state index >= 15 is 0 Å². The molecule has 0 aliphatic heterocycles. The highest BCUT2D eigenvalue weighted by molar-refractivity contribution is 7.93. The molecule has 1 N–H and O–H groups in total. The number of benzene rings is 2. The maximum atomic E-state index is 12.2. The Morgan fingerprint density at radius 2 is 1.80 bits per heavy atom. The molecule has 0 fully saturated rings. The first-order chi connectivity index (χ1) is 11.9. The largest absolute Gasteiger partial charge is 0.493 e. The topological polar surface area (TPSA) is 81.7 Å². The van der Waals surface area contributed by atoms with Gasteiger partial charge in [-0.3, -0.25) is 4.79 Å². The van der Waals surface area contributed by atoms with Crippen molar-refractivity contribution in [3.05, 3.63) is 64.0 Å². The summed E-state index contributed by atoms with van der Waals surface area (Å²) >= 11 is 6.02. The van der Waals surface area contributed by atoms with Crippen molar-refractivity contribution < 1.29 is 22.7 Å². The molecule has 2 rings (SSSR count). The van der Waals surface area contributed by atoms with E-state index in [4.69, 9.17) is 21.1 Å². The number of carbonyl (C=O) groups is 1. The van der Waals surface area contributed by atoms with E-state index in [2.05, 4.69) is 0 Å². The number of sulfonamides is 1. The second-order valence-corrected chi connectivity index (χ2v) is 6.86. The number of nitrogens with one attached hydrogen (secondary N) is 1. The van der Waals surface area contributed by atoms with Crippen LogP contribution >= 0.6 is 11.6 Å². The zero-order valence-electron chi connectivity index (χ0n) is 13.5. The third-order valence-electron chi connectivity index (χ3n) is 3.17. The average molecular weight is 382 g/mol. The van der Waals surface area contributed by atoms with E-state index in [1.165, 1.54) is 32.4 Å². The lowest BCUT2D eigenvalue weighted by Gasteiger charge is -2.11. The molecule has 2 aromatic rings. The van der Waals surface area contributed by atoms with E-state index in [0.29, 0.717) is 5.56 Å². The van der Waals surface area contributed by atoms with Gasteiger partial charge in [0.15, 0.2) is 11.5 Å². The van der Waals surface area contributed by atoms with Gasteiger partial charge < -0.3 is 9.47 Å². The highest BCUT2D eigenvalue weighted by atomic mass is 35.5. The minimum atomic E-state index is -3.97. The standard InChI is InChI=1S/C17H16ClNO5S/c1-23-15-11-13(10-14(18)16(15)24-2)17(20)19-25(21,22)9-8-12-6-4-3-5-7-12/h3-11H,1-2H3,(H,19,20)/b9-8-. The molecule has 25 heavy (non-hydrogen) atoms. The van der Waals surface area contributed by atoms with Crippen molar-refractivity contribution in [3.63, 3.8) is 0 Å². The molecule has 2 aromatic carbocycles.